The number of hydrogen-bond donors (Lipinski definition) is 3. The summed E-state index contributed by atoms with van der Waals surface area (Å²) in [4.78, 5) is 28.8. The van der Waals surface area contributed by atoms with Crippen LogP contribution in [0.1, 0.15) is 47.8 Å². The molecule has 2 aliphatic rings. The summed E-state index contributed by atoms with van der Waals surface area (Å²) in [6.45, 7) is 0. The van der Waals surface area contributed by atoms with Crippen molar-refractivity contribution in [2.45, 2.75) is 31.7 Å². The van der Waals surface area contributed by atoms with Crippen molar-refractivity contribution in [2.75, 3.05) is 5.32 Å². The fraction of sp³-hybridized carbons (Fsp3) is 0.333. The zero-order valence-electron chi connectivity index (χ0n) is 15.8. The minimum atomic E-state index is -0.279. The number of nitrogens with one attached hydrogen (secondary N) is 3. The Hall–Kier alpha value is -3.26. The van der Waals surface area contributed by atoms with Crippen LogP contribution in [0.2, 0.25) is 0 Å². The Kier molecular flexibility index (Phi) is 4.48. The van der Waals surface area contributed by atoms with E-state index in [1.807, 2.05) is 24.3 Å². The summed E-state index contributed by atoms with van der Waals surface area (Å²) >= 11 is 0. The lowest BCUT2D eigenvalue weighted by Gasteiger charge is -2.41. The molecule has 1 aliphatic heterocycles. The molecule has 3 unspecified atom stereocenters. The molecule has 2 fully saturated rings. The predicted octanol–water partition coefficient (Wildman–Crippen LogP) is 2.46. The number of nitrogens with zero attached hydrogens (tertiary/aromatic N) is 3. The highest BCUT2D eigenvalue weighted by molar-refractivity contribution is 6.03. The van der Waals surface area contributed by atoms with Crippen molar-refractivity contribution in [3.05, 3.63) is 60.0 Å². The predicted molar refractivity (Wildman–Crippen MR) is 107 cm³/mol. The molecule has 3 N–H and O–H groups in total. The standard InChI is InChI=1S/C21H22N6O2/c28-20-16-5-2-1-4-15(16)19(24-25-20)13-6-8-14(9-7-13)23-21(29)17-12-18-22-10-3-11-27(18)26-17/h3,6-12,15-16,19,24H,1-2,4-5H2,(H,23,29)(H,25,28). The topological polar surface area (TPSA) is 100 Å². The molecular formula is C21H22N6O2. The van der Waals surface area contributed by atoms with Crippen molar-refractivity contribution >= 4 is 23.1 Å². The first-order valence-corrected chi connectivity index (χ1v) is 9.96. The third kappa shape index (κ3) is 3.36. The van der Waals surface area contributed by atoms with Gasteiger partial charge in [0.1, 0.15) is 0 Å². The lowest BCUT2D eigenvalue weighted by Crippen LogP contribution is -2.55. The fourth-order valence-corrected chi connectivity index (χ4v) is 4.47. The van der Waals surface area contributed by atoms with Crippen LogP contribution in [0.15, 0.2) is 48.8 Å². The number of rotatable bonds is 3. The third-order valence-electron chi connectivity index (χ3n) is 5.93. The average molecular weight is 390 g/mol. The maximum absolute atomic E-state index is 12.5. The highest BCUT2D eigenvalue weighted by Crippen LogP contribution is 2.40. The van der Waals surface area contributed by atoms with Gasteiger partial charge in [-0.3, -0.25) is 15.0 Å². The van der Waals surface area contributed by atoms with Gasteiger partial charge in [0.15, 0.2) is 11.3 Å². The minimum absolute atomic E-state index is 0.0815. The second kappa shape index (κ2) is 7.29. The molecule has 1 saturated heterocycles. The monoisotopic (exact) mass is 390 g/mol. The van der Waals surface area contributed by atoms with Crippen molar-refractivity contribution in [1.82, 2.24) is 25.4 Å². The third-order valence-corrected chi connectivity index (χ3v) is 5.93. The van der Waals surface area contributed by atoms with Crippen LogP contribution < -0.4 is 16.2 Å². The summed E-state index contributed by atoms with van der Waals surface area (Å²) in [6.07, 6.45) is 7.70. The van der Waals surface area contributed by atoms with E-state index in [1.54, 1.807) is 29.0 Å². The van der Waals surface area contributed by atoms with Crippen molar-refractivity contribution in [2.24, 2.45) is 11.8 Å². The SMILES string of the molecule is O=C(Nc1ccc(C2NNC(=O)C3CCCCC32)cc1)c1cc2ncccn2n1. The summed E-state index contributed by atoms with van der Waals surface area (Å²) in [5, 5.41) is 7.12. The quantitative estimate of drug-likeness (QED) is 0.638. The lowest BCUT2D eigenvalue weighted by atomic mass is 9.72. The van der Waals surface area contributed by atoms with E-state index >= 15 is 0 Å². The summed E-state index contributed by atoms with van der Waals surface area (Å²) in [6, 6.07) is 11.3. The molecule has 2 amide bonds. The van der Waals surface area contributed by atoms with Crippen LogP contribution in [0.4, 0.5) is 5.69 Å². The maximum Gasteiger partial charge on any atom is 0.276 e. The van der Waals surface area contributed by atoms with E-state index in [9.17, 15) is 9.59 Å². The van der Waals surface area contributed by atoms with E-state index in [0.717, 1.165) is 31.2 Å². The smallest absolute Gasteiger partial charge is 0.276 e. The molecule has 1 saturated carbocycles. The Bertz CT molecular complexity index is 1030. The first-order valence-electron chi connectivity index (χ1n) is 9.96. The Morgan fingerprint density at radius 1 is 1.17 bits per heavy atom. The number of benzene rings is 1. The minimum Gasteiger partial charge on any atom is -0.321 e. The van der Waals surface area contributed by atoms with Crippen molar-refractivity contribution in [3.8, 4) is 0 Å². The van der Waals surface area contributed by atoms with Gasteiger partial charge in [0.2, 0.25) is 5.91 Å². The van der Waals surface area contributed by atoms with E-state index < -0.39 is 0 Å². The van der Waals surface area contributed by atoms with Crippen molar-refractivity contribution < 1.29 is 9.59 Å². The number of fused-ring (bicyclic) bond motifs is 2. The molecular weight excluding hydrogens is 368 g/mol. The lowest BCUT2D eigenvalue weighted by molar-refractivity contribution is -0.133. The molecule has 5 rings (SSSR count). The van der Waals surface area contributed by atoms with Crippen LogP contribution in [0.3, 0.4) is 0 Å². The summed E-state index contributed by atoms with van der Waals surface area (Å²) in [7, 11) is 0. The van der Waals surface area contributed by atoms with Gasteiger partial charge in [0.05, 0.1) is 6.04 Å². The van der Waals surface area contributed by atoms with Gasteiger partial charge < -0.3 is 5.32 Å². The second-order valence-electron chi connectivity index (χ2n) is 7.69. The van der Waals surface area contributed by atoms with Crippen LogP contribution in [-0.2, 0) is 4.79 Å². The van der Waals surface area contributed by atoms with Gasteiger partial charge in [0.25, 0.3) is 5.91 Å². The Morgan fingerprint density at radius 3 is 2.83 bits per heavy atom. The van der Waals surface area contributed by atoms with Crippen LogP contribution in [0, 0.1) is 11.8 Å². The number of hydrogen-bond acceptors (Lipinski definition) is 5. The molecule has 29 heavy (non-hydrogen) atoms. The van der Waals surface area contributed by atoms with Crippen LogP contribution in [0.5, 0.6) is 0 Å². The number of aromatic nitrogens is 3. The Balaban J connectivity index is 1.31. The van der Waals surface area contributed by atoms with Gasteiger partial charge in [-0.15, -0.1) is 0 Å². The average Bonchev–Trinajstić information content (AvgIpc) is 3.20. The first-order chi connectivity index (χ1) is 14.2. The van der Waals surface area contributed by atoms with Gasteiger partial charge in [-0.1, -0.05) is 25.0 Å². The number of anilines is 1. The van der Waals surface area contributed by atoms with Gasteiger partial charge in [-0.25, -0.2) is 14.9 Å². The van der Waals surface area contributed by atoms with Gasteiger partial charge in [-0.2, -0.15) is 5.10 Å². The van der Waals surface area contributed by atoms with E-state index in [1.165, 1.54) is 0 Å². The number of carbonyl (C=O) groups excluding carboxylic acids is 2. The molecule has 8 heteroatoms. The Morgan fingerprint density at radius 2 is 2.00 bits per heavy atom. The van der Waals surface area contributed by atoms with Gasteiger partial charge >= 0.3 is 0 Å². The molecule has 0 bridgehead atoms. The van der Waals surface area contributed by atoms with E-state index in [4.69, 9.17) is 0 Å². The zero-order valence-corrected chi connectivity index (χ0v) is 15.8. The molecule has 3 heterocycles. The van der Waals surface area contributed by atoms with E-state index in [2.05, 4.69) is 26.3 Å². The number of carbonyl (C=O) groups is 2. The largest absolute Gasteiger partial charge is 0.321 e. The van der Waals surface area contributed by atoms with E-state index in [0.29, 0.717) is 22.9 Å². The molecule has 2 aromatic heterocycles. The second-order valence-corrected chi connectivity index (χ2v) is 7.69. The first kappa shape index (κ1) is 17.8. The molecule has 0 radical (unpaired) electrons. The summed E-state index contributed by atoms with van der Waals surface area (Å²) < 4.78 is 1.57. The number of hydrazine groups is 1. The van der Waals surface area contributed by atoms with Crippen molar-refractivity contribution in [3.63, 3.8) is 0 Å². The molecule has 8 nitrogen and oxygen atoms in total. The molecule has 148 valence electrons. The number of amides is 2. The molecule has 3 aromatic rings. The molecule has 0 spiro atoms. The highest BCUT2D eigenvalue weighted by Gasteiger charge is 2.40. The van der Waals surface area contributed by atoms with E-state index in [-0.39, 0.29) is 23.8 Å². The van der Waals surface area contributed by atoms with Gasteiger partial charge in [-0.05, 0) is 42.5 Å². The Labute approximate surface area is 167 Å². The molecule has 3 atom stereocenters. The van der Waals surface area contributed by atoms with Crippen molar-refractivity contribution in [1.29, 1.82) is 0 Å². The summed E-state index contributed by atoms with van der Waals surface area (Å²) in [5.41, 5.74) is 8.76. The molecule has 1 aromatic carbocycles. The zero-order chi connectivity index (χ0) is 19.8. The van der Waals surface area contributed by atoms with Crippen LogP contribution in [-0.4, -0.2) is 26.4 Å². The van der Waals surface area contributed by atoms with Crippen LogP contribution in [0.25, 0.3) is 5.65 Å². The highest BCUT2D eigenvalue weighted by atomic mass is 16.2. The summed E-state index contributed by atoms with van der Waals surface area (Å²) in [5.74, 6) is 0.219. The van der Waals surface area contributed by atoms with Gasteiger partial charge in [0, 0.05) is 30.1 Å². The maximum atomic E-state index is 12.5. The van der Waals surface area contributed by atoms with Crippen LogP contribution >= 0.6 is 0 Å². The normalized spacial score (nSPS) is 24.0. The fourth-order valence-electron chi connectivity index (χ4n) is 4.47. The molecule has 1 aliphatic carbocycles.